The fourth-order valence-electron chi connectivity index (χ4n) is 3.51. The van der Waals surface area contributed by atoms with Crippen LogP contribution < -0.4 is 4.74 Å². The second-order valence-electron chi connectivity index (χ2n) is 6.33. The first-order valence-electron chi connectivity index (χ1n) is 8.05. The van der Waals surface area contributed by atoms with Crippen LogP contribution in [-0.4, -0.2) is 19.2 Å². The first-order valence-corrected chi connectivity index (χ1v) is 8.05. The van der Waals surface area contributed by atoms with Gasteiger partial charge in [0.15, 0.2) is 0 Å². The van der Waals surface area contributed by atoms with Crippen LogP contribution >= 0.6 is 0 Å². The van der Waals surface area contributed by atoms with Crippen molar-refractivity contribution in [1.82, 2.24) is 0 Å². The van der Waals surface area contributed by atoms with E-state index in [0.29, 0.717) is 19.0 Å². The number of hydrogen-bond acceptors (Lipinski definition) is 3. The lowest BCUT2D eigenvalue weighted by Gasteiger charge is -2.33. The minimum absolute atomic E-state index is 0.245. The zero-order valence-corrected chi connectivity index (χ0v) is 13.4. The molecular weight excluding hydrogens is 321 g/mol. The lowest BCUT2D eigenvalue weighted by atomic mass is 9.69. The molecule has 3 rings (SSSR count). The van der Waals surface area contributed by atoms with E-state index in [1.54, 1.807) is 19.1 Å². The molecule has 0 N–H and O–H groups in total. The van der Waals surface area contributed by atoms with E-state index in [1.807, 2.05) is 0 Å². The minimum Gasteiger partial charge on any atom is -0.492 e. The van der Waals surface area contributed by atoms with E-state index in [1.165, 1.54) is 0 Å². The number of fused-ring (bicyclic) bond motifs is 2. The Bertz CT molecular complexity index is 667. The second kappa shape index (κ2) is 6.15. The zero-order chi connectivity index (χ0) is 17.4. The molecule has 0 saturated heterocycles. The van der Waals surface area contributed by atoms with Crippen LogP contribution in [-0.2, 0) is 21.1 Å². The highest BCUT2D eigenvalue weighted by molar-refractivity contribution is 5.82. The zero-order valence-electron chi connectivity index (χ0n) is 13.4. The average molecular weight is 340 g/mol. The Morgan fingerprint density at radius 3 is 2.67 bits per heavy atom. The average Bonchev–Trinajstić information content (AvgIpc) is 2.87. The monoisotopic (exact) mass is 340 g/mol. The van der Waals surface area contributed by atoms with Gasteiger partial charge in [0.2, 0.25) is 0 Å². The molecule has 0 aromatic heterocycles. The van der Waals surface area contributed by atoms with Crippen LogP contribution in [0.2, 0.25) is 0 Å². The van der Waals surface area contributed by atoms with Gasteiger partial charge in [0.1, 0.15) is 5.75 Å². The predicted octanol–water partition coefficient (Wildman–Crippen LogP) is 4.40. The van der Waals surface area contributed by atoms with Gasteiger partial charge in [-0.2, -0.15) is 13.2 Å². The normalized spacial score (nSPS) is 22.9. The standard InChI is InChI=1S/C18H19F3O3/c1-2-23-16(22)9-12-5-7-17(8-6-12)11-24-15-10-13(18(19,20)21)3-4-14(15)17/h3-4,9-10H,2,5-8,11H2,1H3. The maximum absolute atomic E-state index is 12.8. The Morgan fingerprint density at radius 1 is 1.33 bits per heavy atom. The maximum Gasteiger partial charge on any atom is 0.416 e. The van der Waals surface area contributed by atoms with Crippen LogP contribution in [0.25, 0.3) is 0 Å². The van der Waals surface area contributed by atoms with Crippen molar-refractivity contribution < 1.29 is 27.4 Å². The molecule has 0 amide bonds. The van der Waals surface area contributed by atoms with E-state index in [4.69, 9.17) is 9.47 Å². The van der Waals surface area contributed by atoms with Crippen LogP contribution in [0.1, 0.15) is 43.7 Å². The van der Waals surface area contributed by atoms with Gasteiger partial charge >= 0.3 is 12.1 Å². The summed E-state index contributed by atoms with van der Waals surface area (Å²) in [6.45, 7) is 2.50. The van der Waals surface area contributed by atoms with Gasteiger partial charge in [-0.1, -0.05) is 11.6 Å². The van der Waals surface area contributed by atoms with Crippen molar-refractivity contribution in [2.45, 2.75) is 44.2 Å². The van der Waals surface area contributed by atoms with Crippen LogP contribution in [0.15, 0.2) is 29.8 Å². The number of esters is 1. The number of hydrogen-bond donors (Lipinski definition) is 0. The summed E-state index contributed by atoms with van der Waals surface area (Å²) in [5.41, 5.74) is 0.952. The number of carbonyl (C=O) groups is 1. The molecule has 0 bridgehead atoms. The molecule has 24 heavy (non-hydrogen) atoms. The molecule has 1 fully saturated rings. The van der Waals surface area contributed by atoms with E-state index in [-0.39, 0.29) is 11.4 Å². The molecule has 1 aliphatic carbocycles. The summed E-state index contributed by atoms with van der Waals surface area (Å²) in [7, 11) is 0. The smallest absolute Gasteiger partial charge is 0.416 e. The summed E-state index contributed by atoms with van der Waals surface area (Å²) in [4.78, 5) is 11.5. The van der Waals surface area contributed by atoms with Crippen LogP contribution in [0.3, 0.4) is 0 Å². The highest BCUT2D eigenvalue weighted by Gasteiger charge is 2.43. The van der Waals surface area contributed by atoms with Gasteiger partial charge in [0, 0.05) is 17.1 Å². The van der Waals surface area contributed by atoms with Crippen molar-refractivity contribution in [1.29, 1.82) is 0 Å². The number of halogens is 3. The Hall–Kier alpha value is -1.98. The summed E-state index contributed by atoms with van der Waals surface area (Å²) >= 11 is 0. The van der Waals surface area contributed by atoms with Crippen molar-refractivity contribution in [3.05, 3.63) is 41.0 Å². The largest absolute Gasteiger partial charge is 0.492 e. The fraction of sp³-hybridized carbons (Fsp3) is 0.500. The molecule has 1 aromatic rings. The van der Waals surface area contributed by atoms with Gasteiger partial charge in [-0.3, -0.25) is 0 Å². The second-order valence-corrected chi connectivity index (χ2v) is 6.33. The number of ether oxygens (including phenoxy) is 2. The molecule has 0 radical (unpaired) electrons. The number of alkyl halides is 3. The predicted molar refractivity (Wildman–Crippen MR) is 81.8 cm³/mol. The van der Waals surface area contributed by atoms with E-state index >= 15 is 0 Å². The molecule has 1 saturated carbocycles. The van der Waals surface area contributed by atoms with Crippen molar-refractivity contribution in [2.24, 2.45) is 0 Å². The lowest BCUT2D eigenvalue weighted by Crippen LogP contribution is -2.31. The summed E-state index contributed by atoms with van der Waals surface area (Å²) < 4.78 is 48.9. The molecule has 1 aromatic carbocycles. The van der Waals surface area contributed by atoms with E-state index in [9.17, 15) is 18.0 Å². The molecule has 0 atom stereocenters. The fourth-order valence-corrected chi connectivity index (χ4v) is 3.51. The van der Waals surface area contributed by atoms with Crippen LogP contribution in [0.5, 0.6) is 5.75 Å². The quantitative estimate of drug-likeness (QED) is 0.591. The maximum atomic E-state index is 12.8. The highest BCUT2D eigenvalue weighted by atomic mass is 19.4. The Balaban J connectivity index is 1.76. The Labute approximate surface area is 138 Å². The first-order chi connectivity index (χ1) is 11.3. The third-order valence-corrected chi connectivity index (χ3v) is 4.84. The topological polar surface area (TPSA) is 35.5 Å². The van der Waals surface area contributed by atoms with E-state index in [2.05, 4.69) is 0 Å². The molecule has 130 valence electrons. The van der Waals surface area contributed by atoms with Gasteiger partial charge in [0.05, 0.1) is 18.8 Å². The Kier molecular flexibility index (Phi) is 4.32. The SMILES string of the molecule is CCOC(=O)C=C1CCC2(CC1)COc1cc(C(F)(F)F)ccc12. The molecule has 2 aliphatic rings. The lowest BCUT2D eigenvalue weighted by molar-refractivity contribution is -0.138. The number of rotatable bonds is 2. The van der Waals surface area contributed by atoms with Crippen molar-refractivity contribution in [3.63, 3.8) is 0 Å². The number of allylic oxidation sites excluding steroid dienone is 1. The molecule has 1 aliphatic heterocycles. The number of carbonyl (C=O) groups excluding carboxylic acids is 1. The Morgan fingerprint density at radius 2 is 2.04 bits per heavy atom. The van der Waals surface area contributed by atoms with Gasteiger partial charge in [0.25, 0.3) is 0 Å². The molecule has 3 nitrogen and oxygen atoms in total. The summed E-state index contributed by atoms with van der Waals surface area (Å²) in [5.74, 6) is 0.00369. The van der Waals surface area contributed by atoms with E-state index < -0.39 is 11.7 Å². The molecule has 6 heteroatoms. The van der Waals surface area contributed by atoms with Gasteiger partial charge in [-0.25, -0.2) is 4.79 Å². The minimum atomic E-state index is -4.36. The summed E-state index contributed by atoms with van der Waals surface area (Å²) in [5, 5.41) is 0. The summed E-state index contributed by atoms with van der Waals surface area (Å²) in [6.07, 6.45) is 0.147. The van der Waals surface area contributed by atoms with Crippen molar-refractivity contribution in [3.8, 4) is 5.75 Å². The summed E-state index contributed by atoms with van der Waals surface area (Å²) in [6, 6.07) is 3.76. The van der Waals surface area contributed by atoms with Crippen molar-refractivity contribution in [2.75, 3.05) is 13.2 Å². The molecule has 1 heterocycles. The van der Waals surface area contributed by atoms with Gasteiger partial charge < -0.3 is 9.47 Å². The third kappa shape index (κ3) is 3.14. The van der Waals surface area contributed by atoms with Gasteiger partial charge in [-0.05, 0) is 44.7 Å². The van der Waals surface area contributed by atoms with E-state index in [0.717, 1.165) is 49.0 Å². The van der Waals surface area contributed by atoms with Gasteiger partial charge in [-0.15, -0.1) is 0 Å². The molecular formula is C18H19F3O3. The first kappa shape index (κ1) is 16.9. The van der Waals surface area contributed by atoms with Crippen LogP contribution in [0, 0.1) is 0 Å². The molecule has 0 unspecified atom stereocenters. The van der Waals surface area contributed by atoms with Crippen LogP contribution in [0.4, 0.5) is 13.2 Å². The number of benzene rings is 1. The molecule has 1 spiro atoms. The van der Waals surface area contributed by atoms with Crippen molar-refractivity contribution >= 4 is 5.97 Å². The third-order valence-electron chi connectivity index (χ3n) is 4.84. The highest BCUT2D eigenvalue weighted by Crippen LogP contribution is 2.50.